The predicted molar refractivity (Wildman–Crippen MR) is 113 cm³/mol. The van der Waals surface area contributed by atoms with Crippen molar-refractivity contribution in [3.8, 4) is 0 Å². The minimum atomic E-state index is -0.700. The van der Waals surface area contributed by atoms with Crippen LogP contribution >= 0.6 is 0 Å². The molecule has 8 nitrogen and oxygen atoms in total. The van der Waals surface area contributed by atoms with Crippen molar-refractivity contribution < 1.29 is 19.2 Å². The molecule has 1 N–H and O–H groups in total. The molecule has 1 aliphatic rings. The van der Waals surface area contributed by atoms with Crippen molar-refractivity contribution in [2.75, 3.05) is 29.9 Å². The van der Waals surface area contributed by atoms with E-state index in [2.05, 4.69) is 17.1 Å². The maximum Gasteiger partial charge on any atom is 0.311 e. The summed E-state index contributed by atoms with van der Waals surface area (Å²) < 4.78 is 4.96. The zero-order valence-electron chi connectivity index (χ0n) is 16.9. The minimum absolute atomic E-state index is 0.151. The van der Waals surface area contributed by atoms with Crippen LogP contribution in [0.25, 0.3) is 0 Å². The summed E-state index contributed by atoms with van der Waals surface area (Å²) in [5.74, 6) is -0.407. The Morgan fingerprint density at radius 2 is 1.80 bits per heavy atom. The smallest absolute Gasteiger partial charge is 0.311 e. The van der Waals surface area contributed by atoms with E-state index < -0.39 is 23.4 Å². The first-order chi connectivity index (χ1) is 14.4. The van der Waals surface area contributed by atoms with Crippen LogP contribution in [0.15, 0.2) is 48.5 Å². The number of ether oxygens (including phenoxy) is 1. The number of piperidine rings is 1. The summed E-state index contributed by atoms with van der Waals surface area (Å²) in [7, 11) is 0. The molecule has 0 aromatic heterocycles. The lowest BCUT2D eigenvalue weighted by atomic mass is 9.99. The van der Waals surface area contributed by atoms with Gasteiger partial charge in [0.2, 0.25) is 0 Å². The van der Waals surface area contributed by atoms with Crippen LogP contribution in [-0.4, -0.2) is 36.5 Å². The highest BCUT2D eigenvalue weighted by Crippen LogP contribution is 2.24. The lowest BCUT2D eigenvalue weighted by molar-refractivity contribution is -0.385. The van der Waals surface area contributed by atoms with Gasteiger partial charge in [0, 0.05) is 36.1 Å². The molecule has 2 aromatic rings. The van der Waals surface area contributed by atoms with Crippen molar-refractivity contribution in [3.63, 3.8) is 0 Å². The van der Waals surface area contributed by atoms with E-state index in [1.165, 1.54) is 31.0 Å². The van der Waals surface area contributed by atoms with Gasteiger partial charge in [0.05, 0.1) is 11.3 Å². The van der Waals surface area contributed by atoms with Gasteiger partial charge in [-0.1, -0.05) is 25.1 Å². The fourth-order valence-electron chi connectivity index (χ4n) is 3.41. The first kappa shape index (κ1) is 21.3. The molecule has 0 radical (unpaired) electrons. The van der Waals surface area contributed by atoms with E-state index in [0.717, 1.165) is 24.7 Å². The zero-order chi connectivity index (χ0) is 21.5. The Labute approximate surface area is 175 Å². The van der Waals surface area contributed by atoms with Gasteiger partial charge in [-0.25, -0.2) is 0 Å². The molecule has 0 aliphatic carbocycles. The van der Waals surface area contributed by atoms with Gasteiger partial charge in [-0.2, -0.15) is 0 Å². The van der Waals surface area contributed by atoms with Gasteiger partial charge >= 0.3 is 5.97 Å². The van der Waals surface area contributed by atoms with Gasteiger partial charge in [-0.3, -0.25) is 19.7 Å². The number of nitrogens with zero attached hydrogens (tertiary/aromatic N) is 2. The van der Waals surface area contributed by atoms with Crippen LogP contribution in [0.3, 0.4) is 0 Å². The van der Waals surface area contributed by atoms with Crippen LogP contribution in [-0.2, 0) is 20.7 Å². The SMILES string of the molecule is CC1CCN(c2ccc(NC(=O)COC(=O)Cc3ccccc3[N+](=O)[O-])cc2)CC1. The highest BCUT2D eigenvalue weighted by atomic mass is 16.6. The number of nitro benzene ring substituents is 1. The second-order valence-corrected chi connectivity index (χ2v) is 7.49. The predicted octanol–water partition coefficient (Wildman–Crippen LogP) is 3.56. The van der Waals surface area contributed by atoms with E-state index in [9.17, 15) is 19.7 Å². The van der Waals surface area contributed by atoms with Gasteiger partial charge < -0.3 is 15.0 Å². The molecule has 0 saturated carbocycles. The van der Waals surface area contributed by atoms with E-state index in [-0.39, 0.29) is 17.7 Å². The van der Waals surface area contributed by atoms with E-state index in [4.69, 9.17) is 4.74 Å². The summed E-state index contributed by atoms with van der Waals surface area (Å²) in [4.78, 5) is 36.8. The maximum atomic E-state index is 12.1. The number of benzene rings is 2. The molecule has 158 valence electrons. The van der Waals surface area contributed by atoms with Gasteiger partial charge in [0.1, 0.15) is 0 Å². The number of anilines is 2. The summed E-state index contributed by atoms with van der Waals surface area (Å²) in [5, 5.41) is 13.7. The molecule has 2 aromatic carbocycles. The fourth-order valence-corrected chi connectivity index (χ4v) is 3.41. The monoisotopic (exact) mass is 411 g/mol. The molecule has 0 spiro atoms. The molecule has 0 atom stereocenters. The lowest BCUT2D eigenvalue weighted by Gasteiger charge is -2.32. The summed E-state index contributed by atoms with van der Waals surface area (Å²) in [6, 6.07) is 13.5. The van der Waals surface area contributed by atoms with Gasteiger partial charge in [-0.15, -0.1) is 0 Å². The van der Waals surface area contributed by atoms with Gasteiger partial charge in [0.15, 0.2) is 6.61 Å². The largest absolute Gasteiger partial charge is 0.455 e. The van der Waals surface area contributed by atoms with E-state index >= 15 is 0 Å². The minimum Gasteiger partial charge on any atom is -0.455 e. The van der Waals surface area contributed by atoms with Crippen LogP contribution in [0.1, 0.15) is 25.3 Å². The Bertz CT molecular complexity index is 905. The molecule has 0 unspecified atom stereocenters. The van der Waals surface area contributed by atoms with Crippen molar-refractivity contribution in [2.24, 2.45) is 5.92 Å². The Balaban J connectivity index is 1.46. The number of hydrogen-bond acceptors (Lipinski definition) is 6. The van der Waals surface area contributed by atoms with Crippen LogP contribution in [0.5, 0.6) is 0 Å². The number of amides is 1. The van der Waals surface area contributed by atoms with Crippen molar-refractivity contribution in [2.45, 2.75) is 26.2 Å². The summed E-state index contributed by atoms with van der Waals surface area (Å²) >= 11 is 0. The molecule has 8 heteroatoms. The molecule has 0 bridgehead atoms. The third kappa shape index (κ3) is 5.79. The first-order valence-electron chi connectivity index (χ1n) is 9.95. The van der Waals surface area contributed by atoms with Crippen molar-refractivity contribution in [1.82, 2.24) is 0 Å². The molecule has 3 rings (SSSR count). The number of rotatable bonds is 7. The third-order valence-electron chi connectivity index (χ3n) is 5.19. The normalized spacial score (nSPS) is 14.2. The number of carbonyl (C=O) groups is 2. The van der Waals surface area contributed by atoms with Crippen LogP contribution < -0.4 is 10.2 Å². The van der Waals surface area contributed by atoms with E-state index in [1.807, 2.05) is 24.3 Å². The van der Waals surface area contributed by atoms with E-state index in [1.54, 1.807) is 6.07 Å². The van der Waals surface area contributed by atoms with Gasteiger partial charge in [-0.05, 0) is 43.0 Å². The number of esters is 1. The first-order valence-corrected chi connectivity index (χ1v) is 9.95. The Hall–Kier alpha value is -3.42. The number of hydrogen-bond donors (Lipinski definition) is 1. The molecule has 1 amide bonds. The highest BCUT2D eigenvalue weighted by Gasteiger charge is 2.18. The molecule has 1 saturated heterocycles. The fraction of sp³-hybridized carbons (Fsp3) is 0.364. The number of nitrogens with one attached hydrogen (secondary N) is 1. The Kier molecular flexibility index (Phi) is 7.00. The Morgan fingerprint density at radius 3 is 2.47 bits per heavy atom. The Morgan fingerprint density at radius 1 is 1.13 bits per heavy atom. The van der Waals surface area contributed by atoms with Crippen molar-refractivity contribution in [1.29, 1.82) is 0 Å². The maximum absolute atomic E-state index is 12.1. The standard InChI is InChI=1S/C22H25N3O5/c1-16-10-12-24(13-11-16)19-8-6-18(7-9-19)23-21(26)15-30-22(27)14-17-4-2-3-5-20(17)25(28)29/h2-9,16H,10-15H2,1H3,(H,23,26). The molecule has 1 aliphatic heterocycles. The van der Waals surface area contributed by atoms with Crippen LogP contribution in [0.4, 0.5) is 17.1 Å². The third-order valence-corrected chi connectivity index (χ3v) is 5.19. The number of carbonyl (C=O) groups excluding carboxylic acids is 2. The van der Waals surface area contributed by atoms with E-state index in [0.29, 0.717) is 5.69 Å². The highest BCUT2D eigenvalue weighted by molar-refractivity contribution is 5.93. The topological polar surface area (TPSA) is 102 Å². The second kappa shape index (κ2) is 9.87. The quantitative estimate of drug-likeness (QED) is 0.425. The van der Waals surface area contributed by atoms with Crippen molar-refractivity contribution >= 4 is 28.9 Å². The van der Waals surface area contributed by atoms with Crippen molar-refractivity contribution in [3.05, 3.63) is 64.2 Å². The van der Waals surface area contributed by atoms with Gasteiger partial charge in [0.25, 0.3) is 11.6 Å². The van der Waals surface area contributed by atoms with Crippen LogP contribution in [0.2, 0.25) is 0 Å². The summed E-state index contributed by atoms with van der Waals surface area (Å²) in [5.41, 5.74) is 1.83. The summed E-state index contributed by atoms with van der Waals surface area (Å²) in [6.45, 7) is 3.87. The molecular formula is C22H25N3O5. The molecule has 30 heavy (non-hydrogen) atoms. The van der Waals surface area contributed by atoms with Crippen LogP contribution in [0, 0.1) is 16.0 Å². The second-order valence-electron chi connectivity index (χ2n) is 7.49. The molecular weight excluding hydrogens is 386 g/mol. The molecule has 1 heterocycles. The zero-order valence-corrected chi connectivity index (χ0v) is 16.9. The average Bonchev–Trinajstić information content (AvgIpc) is 2.74. The average molecular weight is 411 g/mol. The number of nitro groups is 1. The summed E-state index contributed by atoms with van der Waals surface area (Å²) in [6.07, 6.45) is 2.08. The number of para-hydroxylation sites is 1. The lowest BCUT2D eigenvalue weighted by Crippen LogP contribution is -2.32. The molecule has 1 fully saturated rings.